The number of halogens is 1. The van der Waals surface area contributed by atoms with E-state index < -0.39 is 10.0 Å². The zero-order valence-corrected chi connectivity index (χ0v) is 15.8. The molecule has 2 aromatic carbocycles. The second-order valence-corrected chi connectivity index (χ2v) is 7.97. The monoisotopic (exact) mass is 409 g/mol. The van der Waals surface area contributed by atoms with Gasteiger partial charge in [-0.15, -0.1) is 0 Å². The number of nitriles is 1. The summed E-state index contributed by atoms with van der Waals surface area (Å²) in [4.78, 5) is 4.52. The molecule has 0 bridgehead atoms. The maximum Gasteiger partial charge on any atom is 0.263 e. The smallest absolute Gasteiger partial charge is 0.262 e. The van der Waals surface area contributed by atoms with Crippen molar-refractivity contribution in [1.82, 2.24) is 14.8 Å². The summed E-state index contributed by atoms with van der Waals surface area (Å²) < 4.78 is 29.2. The van der Waals surface area contributed by atoms with Gasteiger partial charge in [-0.25, -0.2) is 13.4 Å². The highest BCUT2D eigenvalue weighted by molar-refractivity contribution is 7.92. The molecule has 0 spiro atoms. The lowest BCUT2D eigenvalue weighted by atomic mass is 10.2. The fourth-order valence-electron chi connectivity index (χ4n) is 2.68. The molecule has 4 aromatic rings. The van der Waals surface area contributed by atoms with Crippen LogP contribution in [0.1, 0.15) is 5.56 Å². The van der Waals surface area contributed by atoms with E-state index in [1.54, 1.807) is 6.07 Å². The highest BCUT2D eigenvalue weighted by atomic mass is 35.5. The van der Waals surface area contributed by atoms with Crippen molar-refractivity contribution in [3.63, 3.8) is 0 Å². The maximum absolute atomic E-state index is 12.7. The Hall–Kier alpha value is -3.41. The Balaban J connectivity index is 1.80. The van der Waals surface area contributed by atoms with E-state index in [1.165, 1.54) is 35.1 Å². The number of hydrogen-bond acceptors (Lipinski definition) is 5. The van der Waals surface area contributed by atoms with Crippen LogP contribution in [0.4, 0.5) is 5.82 Å². The number of nitrogens with one attached hydrogen (secondary N) is 1. The number of para-hydroxylation sites is 1. The number of anilines is 1. The number of rotatable bonds is 4. The summed E-state index contributed by atoms with van der Waals surface area (Å²) in [5.74, 6) is 0.397. The van der Waals surface area contributed by atoms with Crippen LogP contribution in [0, 0.1) is 11.3 Å². The third kappa shape index (κ3) is 3.29. The summed E-state index contributed by atoms with van der Waals surface area (Å²) in [7, 11) is -3.95. The molecule has 0 aliphatic rings. The van der Waals surface area contributed by atoms with Crippen LogP contribution in [-0.2, 0) is 10.0 Å². The van der Waals surface area contributed by atoms with Crippen molar-refractivity contribution in [3.05, 3.63) is 77.4 Å². The topological polar surface area (TPSA) is 101 Å². The summed E-state index contributed by atoms with van der Waals surface area (Å²) in [6.45, 7) is 0. The molecule has 0 saturated carbocycles. The molecule has 0 aliphatic carbocycles. The van der Waals surface area contributed by atoms with Crippen molar-refractivity contribution < 1.29 is 8.42 Å². The number of sulfonamides is 1. The number of nitrogens with zero attached hydrogens (tertiary/aromatic N) is 4. The number of fused-ring (bicyclic) bond motifs is 1. The van der Waals surface area contributed by atoms with Gasteiger partial charge in [0.2, 0.25) is 0 Å². The van der Waals surface area contributed by atoms with Crippen molar-refractivity contribution in [1.29, 1.82) is 5.26 Å². The number of hydrogen-bond donors (Lipinski definition) is 1. The van der Waals surface area contributed by atoms with E-state index in [-0.39, 0.29) is 16.3 Å². The molecule has 2 heterocycles. The lowest BCUT2D eigenvalue weighted by molar-refractivity contribution is 0.600. The molecule has 7 nitrogen and oxygen atoms in total. The van der Waals surface area contributed by atoms with Crippen molar-refractivity contribution in [2.24, 2.45) is 0 Å². The first-order valence-corrected chi connectivity index (χ1v) is 9.97. The van der Waals surface area contributed by atoms with Crippen molar-refractivity contribution in [2.45, 2.75) is 4.90 Å². The average Bonchev–Trinajstić information content (AvgIpc) is 3.09. The standard InChI is InChI=1S/C19H12ClN5O2S/c20-15-6-8-16(9-7-15)28(26,27)24-19-14(11-21)12-22-25(19)18-10-5-13-3-1-2-4-17(13)23-18/h1-10,12,24H. The van der Waals surface area contributed by atoms with Gasteiger partial charge in [0.25, 0.3) is 10.0 Å². The van der Waals surface area contributed by atoms with Gasteiger partial charge in [0.15, 0.2) is 11.6 Å². The summed E-state index contributed by atoms with van der Waals surface area (Å²) in [5.41, 5.74) is 0.799. The first kappa shape index (κ1) is 18.0. The van der Waals surface area contributed by atoms with Crippen LogP contribution in [0.5, 0.6) is 0 Å². The van der Waals surface area contributed by atoms with Crippen LogP contribution >= 0.6 is 11.6 Å². The maximum atomic E-state index is 12.7. The Labute approximate surface area is 165 Å². The summed E-state index contributed by atoms with van der Waals surface area (Å²) >= 11 is 5.82. The van der Waals surface area contributed by atoms with E-state index in [0.29, 0.717) is 10.8 Å². The van der Waals surface area contributed by atoms with E-state index in [9.17, 15) is 13.7 Å². The van der Waals surface area contributed by atoms with Gasteiger partial charge in [-0.05, 0) is 42.5 Å². The molecular weight excluding hydrogens is 398 g/mol. The van der Waals surface area contributed by atoms with Gasteiger partial charge in [0.05, 0.1) is 16.6 Å². The lowest BCUT2D eigenvalue weighted by Gasteiger charge is -2.11. The third-order valence-electron chi connectivity index (χ3n) is 4.05. The molecule has 0 amide bonds. The van der Waals surface area contributed by atoms with Gasteiger partial charge >= 0.3 is 0 Å². The molecule has 0 atom stereocenters. The van der Waals surface area contributed by atoms with Crippen LogP contribution in [0.2, 0.25) is 5.02 Å². The minimum Gasteiger partial charge on any atom is -0.262 e. The van der Waals surface area contributed by atoms with Crippen LogP contribution in [0.15, 0.2) is 71.8 Å². The van der Waals surface area contributed by atoms with Crippen molar-refractivity contribution in [3.8, 4) is 11.9 Å². The van der Waals surface area contributed by atoms with Gasteiger partial charge in [-0.2, -0.15) is 15.0 Å². The van der Waals surface area contributed by atoms with Gasteiger partial charge in [0, 0.05) is 10.4 Å². The number of benzene rings is 2. The molecule has 1 N–H and O–H groups in total. The Kier molecular flexibility index (Phi) is 4.47. The molecule has 2 aromatic heterocycles. The minimum absolute atomic E-state index is 0.0139. The molecule has 138 valence electrons. The predicted octanol–water partition coefficient (Wildman–Crippen LogP) is 3.75. The van der Waals surface area contributed by atoms with E-state index in [2.05, 4.69) is 14.8 Å². The first-order chi connectivity index (χ1) is 13.5. The lowest BCUT2D eigenvalue weighted by Crippen LogP contribution is -2.17. The highest BCUT2D eigenvalue weighted by Gasteiger charge is 2.21. The zero-order valence-electron chi connectivity index (χ0n) is 14.2. The molecule has 0 unspecified atom stereocenters. The number of pyridine rings is 1. The summed E-state index contributed by atoms with van der Waals surface area (Å²) in [6, 6.07) is 18.7. The number of aromatic nitrogens is 3. The van der Waals surface area contributed by atoms with E-state index in [0.717, 1.165) is 10.9 Å². The van der Waals surface area contributed by atoms with Gasteiger partial charge < -0.3 is 0 Å². The molecule has 9 heteroatoms. The fraction of sp³-hybridized carbons (Fsp3) is 0. The second kappa shape index (κ2) is 6.96. The van der Waals surface area contributed by atoms with Crippen LogP contribution in [-0.4, -0.2) is 23.2 Å². The van der Waals surface area contributed by atoms with Gasteiger partial charge in [-0.3, -0.25) is 4.72 Å². The van der Waals surface area contributed by atoms with E-state index >= 15 is 0 Å². The Morgan fingerprint density at radius 3 is 2.54 bits per heavy atom. The molecule has 0 radical (unpaired) electrons. The van der Waals surface area contributed by atoms with Gasteiger partial charge in [0.1, 0.15) is 11.6 Å². The Morgan fingerprint density at radius 1 is 1.04 bits per heavy atom. The second-order valence-electron chi connectivity index (χ2n) is 5.85. The van der Waals surface area contributed by atoms with E-state index in [1.807, 2.05) is 36.4 Å². The zero-order chi connectivity index (χ0) is 19.7. The largest absolute Gasteiger partial charge is 0.263 e. The quantitative estimate of drug-likeness (QED) is 0.553. The first-order valence-electron chi connectivity index (χ1n) is 8.10. The Bertz CT molecular complexity index is 1320. The van der Waals surface area contributed by atoms with Crippen molar-refractivity contribution >= 4 is 38.3 Å². The van der Waals surface area contributed by atoms with Crippen molar-refractivity contribution in [2.75, 3.05) is 4.72 Å². The van der Waals surface area contributed by atoms with Crippen LogP contribution < -0.4 is 4.72 Å². The fourth-order valence-corrected chi connectivity index (χ4v) is 3.86. The molecule has 28 heavy (non-hydrogen) atoms. The van der Waals surface area contributed by atoms with Crippen LogP contribution in [0.25, 0.3) is 16.7 Å². The van der Waals surface area contributed by atoms with E-state index in [4.69, 9.17) is 11.6 Å². The minimum atomic E-state index is -3.95. The van der Waals surface area contributed by atoms with Gasteiger partial charge in [-0.1, -0.05) is 29.8 Å². The van der Waals surface area contributed by atoms with Crippen LogP contribution in [0.3, 0.4) is 0 Å². The molecule has 4 rings (SSSR count). The SMILES string of the molecule is N#Cc1cnn(-c2ccc3ccccc3n2)c1NS(=O)(=O)c1ccc(Cl)cc1. The predicted molar refractivity (Wildman–Crippen MR) is 106 cm³/mol. The molecule has 0 saturated heterocycles. The summed E-state index contributed by atoms with van der Waals surface area (Å²) in [5, 5.41) is 14.9. The normalized spacial score (nSPS) is 11.3. The summed E-state index contributed by atoms with van der Waals surface area (Å²) in [6.07, 6.45) is 1.29. The Morgan fingerprint density at radius 2 is 1.79 bits per heavy atom. The third-order valence-corrected chi connectivity index (χ3v) is 5.65. The molecule has 0 aliphatic heterocycles. The molecular formula is C19H12ClN5O2S. The average molecular weight is 410 g/mol. The molecule has 0 fully saturated rings. The highest BCUT2D eigenvalue weighted by Crippen LogP contribution is 2.24.